The molecule has 2 atom stereocenters. The highest BCUT2D eigenvalue weighted by atomic mass is 19.1. The molecule has 2 aromatic heterocycles. The molecule has 5 N–H and O–H groups in total. The topological polar surface area (TPSA) is 140 Å². The first-order chi connectivity index (χ1) is 21.6. The normalized spacial score (nSPS) is 12.8. The number of benzene rings is 3. The molecule has 0 aliphatic rings. The molecule has 0 unspecified atom stereocenters. The first-order valence-electron chi connectivity index (χ1n) is 15.0. The van der Waals surface area contributed by atoms with Crippen molar-refractivity contribution in [2.24, 2.45) is 0 Å². The third-order valence-corrected chi connectivity index (χ3v) is 7.76. The van der Waals surface area contributed by atoms with Crippen molar-refractivity contribution in [1.82, 2.24) is 19.9 Å². The van der Waals surface area contributed by atoms with Crippen molar-refractivity contribution in [2.45, 2.75) is 64.3 Å². The van der Waals surface area contributed by atoms with Crippen molar-refractivity contribution < 1.29 is 29.3 Å². The molecule has 0 saturated carbocycles. The summed E-state index contributed by atoms with van der Waals surface area (Å²) in [5.41, 5.74) is 5.75. The van der Waals surface area contributed by atoms with Gasteiger partial charge in [0.25, 0.3) is 5.91 Å². The summed E-state index contributed by atoms with van der Waals surface area (Å²) in [5, 5.41) is 33.0. The first kappa shape index (κ1) is 31.6. The number of nitrogens with zero attached hydrogens (tertiary/aromatic N) is 2. The van der Waals surface area contributed by atoms with Crippen molar-refractivity contribution in [3.05, 3.63) is 102 Å². The summed E-state index contributed by atoms with van der Waals surface area (Å²) in [6.45, 7) is 4.10. The highest BCUT2D eigenvalue weighted by Crippen LogP contribution is 2.42. The van der Waals surface area contributed by atoms with E-state index in [1.807, 2.05) is 73.0 Å². The number of imidazole rings is 1. The van der Waals surface area contributed by atoms with E-state index in [-0.39, 0.29) is 31.3 Å². The summed E-state index contributed by atoms with van der Waals surface area (Å²) in [5.74, 6) is -1.25. The number of hydrogen-bond acceptors (Lipinski definition) is 5. The van der Waals surface area contributed by atoms with Gasteiger partial charge < -0.3 is 30.2 Å². The number of amides is 1. The summed E-state index contributed by atoms with van der Waals surface area (Å²) in [7, 11) is 0. The molecule has 0 aliphatic carbocycles. The van der Waals surface area contributed by atoms with Gasteiger partial charge in [-0.15, -0.1) is 0 Å². The van der Waals surface area contributed by atoms with E-state index in [9.17, 15) is 24.2 Å². The summed E-state index contributed by atoms with van der Waals surface area (Å²) < 4.78 is 16.0. The van der Waals surface area contributed by atoms with Gasteiger partial charge in [-0.2, -0.15) is 0 Å². The molecule has 0 bridgehead atoms. The molecule has 1 amide bonds. The smallest absolute Gasteiger partial charge is 0.305 e. The number of aromatic amines is 1. The molecule has 5 aromatic rings. The fraction of sp³-hybridized carbons (Fsp3) is 0.286. The zero-order valence-corrected chi connectivity index (χ0v) is 25.2. The second-order valence-corrected chi connectivity index (χ2v) is 11.4. The SMILES string of the molecule is CC(C)n1c(CC[C@@H](O)C[C@@H](O)CC(=O)O)c(-c2ccc(F)cc2)c(-c2ccccc2)c1C(=O)NCc1nc2ccccc2[nH]1. The van der Waals surface area contributed by atoms with Crippen LogP contribution in [0, 0.1) is 5.82 Å². The maximum atomic E-state index is 14.2. The average Bonchev–Trinajstić information content (AvgIpc) is 3.58. The van der Waals surface area contributed by atoms with E-state index in [0.29, 0.717) is 29.1 Å². The van der Waals surface area contributed by atoms with Gasteiger partial charge in [-0.05, 0) is 68.5 Å². The fourth-order valence-electron chi connectivity index (χ4n) is 5.85. The standard InChI is InChI=1S/C35H37FN4O5/c1-21(2)40-29(17-16-25(41)18-26(42)19-31(43)44)32(23-12-14-24(36)15-13-23)33(22-8-4-3-5-9-22)34(40)35(45)37-20-30-38-27-10-6-7-11-28(27)39-30/h3-15,21,25-26,41-42H,16-20H2,1-2H3,(H,37,45)(H,38,39)(H,43,44)/t25-,26-/m1/s1. The number of aliphatic carboxylic acids is 1. The zero-order valence-electron chi connectivity index (χ0n) is 25.2. The van der Waals surface area contributed by atoms with Crippen LogP contribution in [0.4, 0.5) is 4.39 Å². The van der Waals surface area contributed by atoms with E-state index in [4.69, 9.17) is 5.11 Å². The second kappa shape index (κ2) is 13.9. The van der Waals surface area contributed by atoms with Crippen LogP contribution < -0.4 is 5.32 Å². The number of aliphatic hydroxyl groups is 2. The number of aromatic nitrogens is 3. The number of carboxylic acid groups (broad SMARTS) is 1. The minimum Gasteiger partial charge on any atom is -0.481 e. The van der Waals surface area contributed by atoms with Crippen LogP contribution in [0.25, 0.3) is 33.3 Å². The van der Waals surface area contributed by atoms with Gasteiger partial charge >= 0.3 is 5.97 Å². The minimum absolute atomic E-state index is 0.100. The number of H-pyrrole nitrogens is 1. The number of carbonyl (C=O) groups is 2. The van der Waals surface area contributed by atoms with Crippen LogP contribution >= 0.6 is 0 Å². The molecule has 2 heterocycles. The van der Waals surface area contributed by atoms with Gasteiger partial charge in [-0.25, -0.2) is 9.37 Å². The Morgan fingerprint density at radius 1 is 0.911 bits per heavy atom. The molecule has 0 spiro atoms. The average molecular weight is 613 g/mol. The lowest BCUT2D eigenvalue weighted by atomic mass is 9.92. The number of carbonyl (C=O) groups excluding carboxylic acids is 1. The molecule has 0 radical (unpaired) electrons. The van der Waals surface area contributed by atoms with Crippen LogP contribution in [0.3, 0.4) is 0 Å². The lowest BCUT2D eigenvalue weighted by molar-refractivity contribution is -0.139. The number of rotatable bonds is 13. The summed E-state index contributed by atoms with van der Waals surface area (Å²) in [6.07, 6.45) is -2.23. The van der Waals surface area contributed by atoms with Crippen LogP contribution in [0.15, 0.2) is 78.9 Å². The highest BCUT2D eigenvalue weighted by Gasteiger charge is 2.30. The Labute approximate surface area is 260 Å². The maximum Gasteiger partial charge on any atom is 0.305 e. The molecular weight excluding hydrogens is 575 g/mol. The summed E-state index contributed by atoms with van der Waals surface area (Å²) >= 11 is 0. The Morgan fingerprint density at radius 2 is 1.58 bits per heavy atom. The van der Waals surface area contributed by atoms with Crippen molar-refractivity contribution in [3.8, 4) is 22.3 Å². The molecule has 0 saturated heterocycles. The third kappa shape index (κ3) is 7.30. The highest BCUT2D eigenvalue weighted by molar-refractivity contribution is 6.05. The lowest BCUT2D eigenvalue weighted by Crippen LogP contribution is -2.28. The number of fused-ring (bicyclic) bond motifs is 1. The first-order valence-corrected chi connectivity index (χ1v) is 15.0. The van der Waals surface area contributed by atoms with Gasteiger partial charge in [0.1, 0.15) is 17.3 Å². The van der Waals surface area contributed by atoms with Gasteiger partial charge in [-0.3, -0.25) is 9.59 Å². The summed E-state index contributed by atoms with van der Waals surface area (Å²) in [4.78, 5) is 33.1. The van der Waals surface area contributed by atoms with Crippen LogP contribution in [-0.2, 0) is 17.8 Å². The number of para-hydroxylation sites is 2. The second-order valence-electron chi connectivity index (χ2n) is 11.4. The zero-order chi connectivity index (χ0) is 32.1. The van der Waals surface area contributed by atoms with Crippen LogP contribution in [0.2, 0.25) is 0 Å². The molecule has 45 heavy (non-hydrogen) atoms. The van der Waals surface area contributed by atoms with Gasteiger partial charge in [0.2, 0.25) is 0 Å². The molecular formula is C35H37FN4O5. The molecule has 0 fully saturated rings. The molecule has 234 valence electrons. The maximum absolute atomic E-state index is 14.2. The predicted molar refractivity (Wildman–Crippen MR) is 170 cm³/mol. The van der Waals surface area contributed by atoms with Gasteiger partial charge in [0, 0.05) is 22.9 Å². The minimum atomic E-state index is -1.19. The van der Waals surface area contributed by atoms with E-state index < -0.39 is 30.4 Å². The van der Waals surface area contributed by atoms with E-state index >= 15 is 0 Å². The number of hydrogen-bond donors (Lipinski definition) is 5. The molecule has 10 heteroatoms. The Hall–Kier alpha value is -4.80. The quantitative estimate of drug-likeness (QED) is 0.113. The number of carboxylic acids is 1. The molecule has 5 rings (SSSR count). The Kier molecular flexibility index (Phi) is 9.75. The number of aliphatic hydroxyl groups excluding tert-OH is 2. The van der Waals surface area contributed by atoms with Gasteiger partial charge in [0.05, 0.1) is 36.2 Å². The number of halogens is 1. The lowest BCUT2D eigenvalue weighted by Gasteiger charge is -2.20. The Morgan fingerprint density at radius 3 is 2.24 bits per heavy atom. The fourth-order valence-corrected chi connectivity index (χ4v) is 5.85. The van der Waals surface area contributed by atoms with Gasteiger partial charge in [0.15, 0.2) is 0 Å². The van der Waals surface area contributed by atoms with Gasteiger partial charge in [-0.1, -0.05) is 54.6 Å². The van der Waals surface area contributed by atoms with Crippen LogP contribution in [-0.4, -0.2) is 53.9 Å². The Bertz CT molecular complexity index is 1750. The monoisotopic (exact) mass is 612 g/mol. The van der Waals surface area contributed by atoms with Crippen molar-refractivity contribution >= 4 is 22.9 Å². The molecule has 3 aromatic carbocycles. The predicted octanol–water partition coefficient (Wildman–Crippen LogP) is 5.87. The van der Waals surface area contributed by atoms with Crippen LogP contribution in [0.5, 0.6) is 0 Å². The van der Waals surface area contributed by atoms with E-state index in [1.54, 1.807) is 12.1 Å². The van der Waals surface area contributed by atoms with Crippen molar-refractivity contribution in [3.63, 3.8) is 0 Å². The van der Waals surface area contributed by atoms with Crippen LogP contribution in [0.1, 0.15) is 61.2 Å². The molecule has 9 nitrogen and oxygen atoms in total. The Balaban J connectivity index is 1.60. The van der Waals surface area contributed by atoms with Crippen molar-refractivity contribution in [1.29, 1.82) is 0 Å². The third-order valence-electron chi connectivity index (χ3n) is 7.76. The van der Waals surface area contributed by atoms with E-state index in [1.165, 1.54) is 12.1 Å². The number of nitrogens with one attached hydrogen (secondary N) is 2. The summed E-state index contributed by atoms with van der Waals surface area (Å²) in [6, 6.07) is 23.0. The van der Waals surface area contributed by atoms with E-state index in [2.05, 4.69) is 15.3 Å². The largest absolute Gasteiger partial charge is 0.481 e. The van der Waals surface area contributed by atoms with Crippen molar-refractivity contribution in [2.75, 3.05) is 0 Å². The van der Waals surface area contributed by atoms with E-state index in [0.717, 1.165) is 27.9 Å². The molecule has 0 aliphatic heterocycles.